The van der Waals surface area contributed by atoms with Crippen LogP contribution in [0, 0.1) is 0 Å². The number of aryl methyl sites for hydroxylation is 1. The number of aromatic nitrogens is 4. The molecule has 1 amide bonds. The van der Waals surface area contributed by atoms with Crippen molar-refractivity contribution in [2.45, 2.75) is 6.42 Å². The van der Waals surface area contributed by atoms with Crippen molar-refractivity contribution in [1.82, 2.24) is 24.8 Å². The van der Waals surface area contributed by atoms with Gasteiger partial charge in [-0.25, -0.2) is 15.0 Å². The zero-order valence-corrected chi connectivity index (χ0v) is 22.0. The molecule has 10 nitrogen and oxygen atoms in total. The van der Waals surface area contributed by atoms with Crippen molar-refractivity contribution in [1.29, 1.82) is 0 Å². The summed E-state index contributed by atoms with van der Waals surface area (Å²) in [5.74, 6) is 1.43. The van der Waals surface area contributed by atoms with Crippen LogP contribution in [0.2, 0.25) is 5.02 Å². The number of nitrogens with one attached hydrogen (secondary N) is 1. The number of pyridine rings is 2. The number of hydrogen-bond donors (Lipinski definition) is 1. The van der Waals surface area contributed by atoms with Crippen molar-refractivity contribution in [2.75, 3.05) is 49.6 Å². The molecule has 1 saturated heterocycles. The number of carbonyl (C=O) groups is 1. The standard InChI is InChI=1S/C27H28ClN7O3/c1-29-25(36)17-38-23-15-19-13-18(6-7-22(19)33(2)26(23)37)14-21-20(28)16-31-27(32-21)35-11-9-34(10-12-35)24-5-3-4-8-30-24/h3-8,13,15-16H,9-12,14,17H2,1-2H3,(H,29,36). The van der Waals surface area contributed by atoms with Crippen LogP contribution in [-0.2, 0) is 18.3 Å². The molecule has 0 spiro atoms. The van der Waals surface area contributed by atoms with Gasteiger partial charge in [0.2, 0.25) is 5.95 Å². The van der Waals surface area contributed by atoms with E-state index in [1.807, 2.05) is 36.4 Å². The summed E-state index contributed by atoms with van der Waals surface area (Å²) in [6.07, 6.45) is 3.96. The second kappa shape index (κ2) is 11.1. The molecule has 4 heterocycles. The van der Waals surface area contributed by atoms with Gasteiger partial charge < -0.3 is 24.4 Å². The number of halogens is 1. The predicted molar refractivity (Wildman–Crippen MR) is 147 cm³/mol. The van der Waals surface area contributed by atoms with Crippen LogP contribution < -0.4 is 25.4 Å². The minimum Gasteiger partial charge on any atom is -0.478 e. The molecule has 1 aliphatic heterocycles. The quantitative estimate of drug-likeness (QED) is 0.386. The van der Waals surface area contributed by atoms with E-state index in [1.165, 1.54) is 11.6 Å². The van der Waals surface area contributed by atoms with E-state index >= 15 is 0 Å². The van der Waals surface area contributed by atoms with E-state index in [1.54, 1.807) is 25.5 Å². The van der Waals surface area contributed by atoms with Crippen molar-refractivity contribution in [3.63, 3.8) is 0 Å². The number of amides is 1. The fraction of sp³-hybridized carbons (Fsp3) is 0.296. The zero-order valence-electron chi connectivity index (χ0n) is 21.2. The molecule has 1 aromatic carbocycles. The van der Waals surface area contributed by atoms with E-state index in [0.717, 1.165) is 54.2 Å². The van der Waals surface area contributed by atoms with Crippen LogP contribution in [0.25, 0.3) is 10.9 Å². The van der Waals surface area contributed by atoms with Crippen molar-refractivity contribution >= 4 is 40.2 Å². The Morgan fingerprint density at radius 1 is 1.08 bits per heavy atom. The van der Waals surface area contributed by atoms with Gasteiger partial charge in [0, 0.05) is 58.3 Å². The molecule has 0 atom stereocenters. The van der Waals surface area contributed by atoms with Crippen LogP contribution >= 0.6 is 11.6 Å². The summed E-state index contributed by atoms with van der Waals surface area (Å²) in [5.41, 5.74) is 2.15. The topological polar surface area (TPSA) is 105 Å². The Balaban J connectivity index is 1.34. The molecule has 1 N–H and O–H groups in total. The smallest absolute Gasteiger partial charge is 0.293 e. The summed E-state index contributed by atoms with van der Waals surface area (Å²) in [5, 5.41) is 3.79. The van der Waals surface area contributed by atoms with Gasteiger partial charge in [-0.2, -0.15) is 0 Å². The number of carbonyl (C=O) groups excluding carboxylic acids is 1. The third-order valence-electron chi connectivity index (χ3n) is 6.60. The molecule has 0 aliphatic carbocycles. The lowest BCUT2D eigenvalue weighted by molar-refractivity contribution is -0.122. The lowest BCUT2D eigenvalue weighted by atomic mass is 10.1. The number of benzene rings is 1. The number of anilines is 2. The molecule has 1 aliphatic rings. The van der Waals surface area contributed by atoms with Gasteiger partial charge in [0.25, 0.3) is 11.5 Å². The zero-order chi connectivity index (χ0) is 26.6. The van der Waals surface area contributed by atoms with E-state index in [2.05, 4.69) is 25.1 Å². The van der Waals surface area contributed by atoms with Crippen LogP contribution in [0.5, 0.6) is 5.75 Å². The first-order chi connectivity index (χ1) is 18.4. The van der Waals surface area contributed by atoms with E-state index in [0.29, 0.717) is 17.4 Å². The molecule has 38 heavy (non-hydrogen) atoms. The summed E-state index contributed by atoms with van der Waals surface area (Å²) in [6.45, 7) is 2.98. The molecule has 0 radical (unpaired) electrons. The fourth-order valence-electron chi connectivity index (χ4n) is 4.47. The van der Waals surface area contributed by atoms with Gasteiger partial charge in [0.05, 0.1) is 22.4 Å². The van der Waals surface area contributed by atoms with Crippen LogP contribution in [-0.4, -0.2) is 65.3 Å². The number of fused-ring (bicyclic) bond motifs is 1. The SMILES string of the molecule is CNC(=O)COc1cc2cc(Cc3nc(N4CCN(c5ccccn5)CC4)ncc3Cl)ccc2n(C)c1=O. The normalized spacial score (nSPS) is 13.6. The number of piperazine rings is 1. The molecule has 0 unspecified atom stereocenters. The second-order valence-electron chi connectivity index (χ2n) is 9.03. The fourth-order valence-corrected chi connectivity index (χ4v) is 4.63. The van der Waals surface area contributed by atoms with Crippen LogP contribution in [0.4, 0.5) is 11.8 Å². The Bertz CT molecular complexity index is 1520. The van der Waals surface area contributed by atoms with E-state index in [4.69, 9.17) is 21.3 Å². The van der Waals surface area contributed by atoms with Gasteiger partial charge in [0.15, 0.2) is 12.4 Å². The maximum Gasteiger partial charge on any atom is 0.293 e. The van der Waals surface area contributed by atoms with Crippen molar-refractivity contribution in [3.05, 3.63) is 81.5 Å². The van der Waals surface area contributed by atoms with Crippen molar-refractivity contribution < 1.29 is 9.53 Å². The van der Waals surface area contributed by atoms with Gasteiger partial charge >= 0.3 is 0 Å². The van der Waals surface area contributed by atoms with Gasteiger partial charge in [-0.15, -0.1) is 0 Å². The lowest BCUT2D eigenvalue weighted by Crippen LogP contribution is -2.47. The molecule has 4 aromatic rings. The molecule has 0 saturated carbocycles. The first kappa shape index (κ1) is 25.5. The van der Waals surface area contributed by atoms with Crippen LogP contribution in [0.15, 0.2) is 59.7 Å². The summed E-state index contributed by atoms with van der Waals surface area (Å²) >= 11 is 6.50. The molecule has 0 bridgehead atoms. The average molecular weight is 534 g/mol. The summed E-state index contributed by atoms with van der Waals surface area (Å²) in [6, 6.07) is 13.4. The third-order valence-corrected chi connectivity index (χ3v) is 6.92. The Hall–Kier alpha value is -4.18. The predicted octanol–water partition coefficient (Wildman–Crippen LogP) is 2.42. The van der Waals surface area contributed by atoms with Gasteiger partial charge in [0.1, 0.15) is 5.82 Å². The number of ether oxygens (including phenoxy) is 1. The van der Waals surface area contributed by atoms with Gasteiger partial charge in [-0.05, 0) is 35.9 Å². The highest BCUT2D eigenvalue weighted by Gasteiger charge is 2.21. The largest absolute Gasteiger partial charge is 0.478 e. The van der Waals surface area contributed by atoms with E-state index < -0.39 is 0 Å². The van der Waals surface area contributed by atoms with Crippen molar-refractivity contribution in [3.8, 4) is 5.75 Å². The lowest BCUT2D eigenvalue weighted by Gasteiger charge is -2.35. The summed E-state index contributed by atoms with van der Waals surface area (Å²) in [7, 11) is 3.19. The minimum atomic E-state index is -0.312. The number of hydrogen-bond acceptors (Lipinski definition) is 8. The highest BCUT2D eigenvalue weighted by molar-refractivity contribution is 6.31. The second-order valence-corrected chi connectivity index (χ2v) is 9.44. The summed E-state index contributed by atoms with van der Waals surface area (Å²) < 4.78 is 6.99. The molecule has 196 valence electrons. The van der Waals surface area contributed by atoms with Crippen LogP contribution in [0.3, 0.4) is 0 Å². The van der Waals surface area contributed by atoms with Crippen LogP contribution in [0.1, 0.15) is 11.3 Å². The highest BCUT2D eigenvalue weighted by atomic mass is 35.5. The number of rotatable bonds is 7. The number of nitrogens with zero attached hydrogens (tertiary/aromatic N) is 6. The average Bonchev–Trinajstić information content (AvgIpc) is 2.95. The van der Waals surface area contributed by atoms with E-state index in [9.17, 15) is 9.59 Å². The maximum atomic E-state index is 12.7. The first-order valence-corrected chi connectivity index (χ1v) is 12.7. The Labute approximate surface area is 224 Å². The number of likely N-dealkylation sites (N-methyl/N-ethyl adjacent to an activating group) is 1. The highest BCUT2D eigenvalue weighted by Crippen LogP contribution is 2.24. The monoisotopic (exact) mass is 533 g/mol. The molecular formula is C27H28ClN7O3. The van der Waals surface area contributed by atoms with Gasteiger partial charge in [-0.3, -0.25) is 9.59 Å². The van der Waals surface area contributed by atoms with E-state index in [-0.39, 0.29) is 23.8 Å². The Morgan fingerprint density at radius 2 is 1.87 bits per heavy atom. The molecule has 3 aromatic heterocycles. The summed E-state index contributed by atoms with van der Waals surface area (Å²) in [4.78, 5) is 42.4. The molecule has 11 heteroatoms. The molecule has 5 rings (SSSR count). The Kier molecular flexibility index (Phi) is 7.41. The van der Waals surface area contributed by atoms with Crippen molar-refractivity contribution in [2.24, 2.45) is 7.05 Å². The maximum absolute atomic E-state index is 12.7. The third kappa shape index (κ3) is 5.40. The Morgan fingerprint density at radius 3 is 2.61 bits per heavy atom. The first-order valence-electron chi connectivity index (χ1n) is 12.3. The minimum absolute atomic E-state index is 0.118. The molecular weight excluding hydrogens is 506 g/mol. The molecule has 1 fully saturated rings. The van der Waals surface area contributed by atoms with Gasteiger partial charge in [-0.1, -0.05) is 23.7 Å².